The van der Waals surface area contributed by atoms with E-state index in [9.17, 15) is 0 Å². The van der Waals surface area contributed by atoms with Crippen molar-refractivity contribution >= 4 is 5.69 Å². The number of nitrogens with zero attached hydrogens (tertiary/aromatic N) is 2. The van der Waals surface area contributed by atoms with Crippen LogP contribution in [0.2, 0.25) is 0 Å². The van der Waals surface area contributed by atoms with Crippen LogP contribution in [0, 0.1) is 0 Å². The summed E-state index contributed by atoms with van der Waals surface area (Å²) < 4.78 is 5.26. The van der Waals surface area contributed by atoms with Crippen LogP contribution in [-0.4, -0.2) is 50.8 Å². The van der Waals surface area contributed by atoms with Gasteiger partial charge in [-0.05, 0) is 23.6 Å². The molecule has 3 nitrogen and oxygen atoms in total. The van der Waals surface area contributed by atoms with Crippen molar-refractivity contribution in [2.75, 3.05) is 44.8 Å². The number of hydrogen-bond donors (Lipinski definition) is 0. The zero-order valence-corrected chi connectivity index (χ0v) is 10.9. The van der Waals surface area contributed by atoms with Crippen molar-refractivity contribution in [2.24, 2.45) is 0 Å². The van der Waals surface area contributed by atoms with Crippen LogP contribution in [0.25, 0.3) is 0 Å². The Balaban J connectivity index is 1.47. The standard InChI is InChI=1S/C15H20N2O/c1-16-5-4-12-6-11(2-3-15(12)16)13-7-17(8-13)14-9-18-10-14/h2-3,6,13-14H,4-5,7-10H2,1H3. The van der Waals surface area contributed by atoms with Gasteiger partial charge in [-0.3, -0.25) is 4.90 Å². The molecule has 0 N–H and O–H groups in total. The number of rotatable bonds is 2. The molecule has 0 aliphatic carbocycles. The van der Waals surface area contributed by atoms with Crippen LogP contribution in [0.4, 0.5) is 5.69 Å². The van der Waals surface area contributed by atoms with Gasteiger partial charge in [-0.1, -0.05) is 12.1 Å². The van der Waals surface area contributed by atoms with Crippen LogP contribution in [0.15, 0.2) is 18.2 Å². The fourth-order valence-corrected chi connectivity index (χ4v) is 3.30. The number of fused-ring (bicyclic) bond motifs is 1. The van der Waals surface area contributed by atoms with E-state index < -0.39 is 0 Å². The van der Waals surface area contributed by atoms with Crippen LogP contribution >= 0.6 is 0 Å². The normalized spacial score (nSPS) is 24.8. The van der Waals surface area contributed by atoms with E-state index in [1.807, 2.05) is 0 Å². The van der Waals surface area contributed by atoms with Crippen molar-refractivity contribution in [3.05, 3.63) is 29.3 Å². The lowest BCUT2D eigenvalue weighted by molar-refractivity contribution is -0.0906. The first-order chi connectivity index (χ1) is 8.81. The largest absolute Gasteiger partial charge is 0.378 e. The summed E-state index contributed by atoms with van der Waals surface area (Å²) in [6.07, 6.45) is 1.21. The fraction of sp³-hybridized carbons (Fsp3) is 0.600. The van der Waals surface area contributed by atoms with E-state index >= 15 is 0 Å². The second-order valence-corrected chi connectivity index (χ2v) is 5.90. The molecular weight excluding hydrogens is 224 g/mol. The molecule has 0 unspecified atom stereocenters. The molecule has 0 spiro atoms. The van der Waals surface area contributed by atoms with E-state index in [1.165, 1.54) is 31.7 Å². The molecule has 1 aromatic rings. The first-order valence-corrected chi connectivity index (χ1v) is 6.97. The van der Waals surface area contributed by atoms with Gasteiger partial charge in [-0.25, -0.2) is 0 Å². The summed E-state index contributed by atoms with van der Waals surface area (Å²) in [5.41, 5.74) is 4.52. The molecule has 3 aliphatic heterocycles. The molecule has 0 bridgehead atoms. The second-order valence-electron chi connectivity index (χ2n) is 5.90. The van der Waals surface area contributed by atoms with Gasteiger partial charge in [0.25, 0.3) is 0 Å². The lowest BCUT2D eigenvalue weighted by Gasteiger charge is -2.47. The summed E-state index contributed by atoms with van der Waals surface area (Å²) in [5.74, 6) is 0.752. The molecular formula is C15H20N2O. The molecule has 0 radical (unpaired) electrons. The van der Waals surface area contributed by atoms with Crippen molar-refractivity contribution in [1.82, 2.24) is 4.90 Å². The van der Waals surface area contributed by atoms with E-state index in [1.54, 1.807) is 11.1 Å². The number of likely N-dealkylation sites (N-methyl/N-ethyl adjacent to an activating group) is 1. The van der Waals surface area contributed by atoms with Gasteiger partial charge in [0, 0.05) is 38.3 Å². The zero-order valence-electron chi connectivity index (χ0n) is 10.9. The Morgan fingerprint density at radius 1 is 1.22 bits per heavy atom. The number of likely N-dealkylation sites (tertiary alicyclic amines) is 1. The van der Waals surface area contributed by atoms with E-state index in [0.717, 1.165) is 19.1 Å². The molecule has 96 valence electrons. The summed E-state index contributed by atoms with van der Waals surface area (Å²) in [4.78, 5) is 4.92. The van der Waals surface area contributed by atoms with Gasteiger partial charge in [-0.15, -0.1) is 0 Å². The molecule has 0 aromatic heterocycles. The molecule has 2 fully saturated rings. The van der Waals surface area contributed by atoms with Gasteiger partial charge < -0.3 is 9.64 Å². The van der Waals surface area contributed by atoms with Crippen molar-refractivity contribution in [2.45, 2.75) is 18.4 Å². The molecule has 3 aliphatic rings. The third-order valence-electron chi connectivity index (χ3n) is 4.75. The molecule has 18 heavy (non-hydrogen) atoms. The van der Waals surface area contributed by atoms with E-state index in [0.29, 0.717) is 6.04 Å². The number of anilines is 1. The van der Waals surface area contributed by atoms with Gasteiger partial charge >= 0.3 is 0 Å². The number of benzene rings is 1. The number of ether oxygens (including phenoxy) is 1. The van der Waals surface area contributed by atoms with Crippen LogP contribution in [0.1, 0.15) is 17.0 Å². The van der Waals surface area contributed by atoms with Crippen LogP contribution in [0.5, 0.6) is 0 Å². The maximum Gasteiger partial charge on any atom is 0.0645 e. The van der Waals surface area contributed by atoms with E-state index in [2.05, 4.69) is 35.0 Å². The maximum absolute atomic E-state index is 5.26. The molecule has 4 rings (SSSR count). The Hall–Kier alpha value is -1.06. The third-order valence-corrected chi connectivity index (χ3v) is 4.75. The number of hydrogen-bond acceptors (Lipinski definition) is 3. The van der Waals surface area contributed by atoms with Crippen LogP contribution in [-0.2, 0) is 11.2 Å². The van der Waals surface area contributed by atoms with Gasteiger partial charge in [0.05, 0.1) is 19.3 Å². The highest BCUT2D eigenvalue weighted by Crippen LogP contribution is 2.34. The van der Waals surface area contributed by atoms with Gasteiger partial charge in [0.15, 0.2) is 0 Å². The lowest BCUT2D eigenvalue weighted by Crippen LogP contribution is -2.58. The van der Waals surface area contributed by atoms with Gasteiger partial charge in [0.1, 0.15) is 0 Å². The fourth-order valence-electron chi connectivity index (χ4n) is 3.30. The Morgan fingerprint density at radius 2 is 2.06 bits per heavy atom. The minimum absolute atomic E-state index is 0.710. The quantitative estimate of drug-likeness (QED) is 0.783. The van der Waals surface area contributed by atoms with E-state index in [-0.39, 0.29) is 0 Å². The molecule has 1 aromatic carbocycles. The average molecular weight is 244 g/mol. The Kier molecular flexibility index (Phi) is 2.39. The predicted molar refractivity (Wildman–Crippen MR) is 72.3 cm³/mol. The summed E-state index contributed by atoms with van der Waals surface area (Å²) in [5, 5.41) is 0. The molecule has 2 saturated heterocycles. The molecule has 0 saturated carbocycles. The topological polar surface area (TPSA) is 15.7 Å². The molecule has 3 heterocycles. The summed E-state index contributed by atoms with van der Waals surface area (Å²) in [6.45, 7) is 5.52. The van der Waals surface area contributed by atoms with Crippen LogP contribution in [0.3, 0.4) is 0 Å². The minimum Gasteiger partial charge on any atom is -0.378 e. The van der Waals surface area contributed by atoms with Crippen molar-refractivity contribution in [3.8, 4) is 0 Å². The molecule has 0 atom stereocenters. The highest BCUT2D eigenvalue weighted by atomic mass is 16.5. The Morgan fingerprint density at radius 3 is 2.78 bits per heavy atom. The van der Waals surface area contributed by atoms with Gasteiger partial charge in [-0.2, -0.15) is 0 Å². The predicted octanol–water partition coefficient (Wildman–Crippen LogP) is 1.48. The lowest BCUT2D eigenvalue weighted by atomic mass is 9.88. The van der Waals surface area contributed by atoms with Crippen molar-refractivity contribution in [3.63, 3.8) is 0 Å². The Bertz CT molecular complexity index is 464. The monoisotopic (exact) mass is 244 g/mol. The third kappa shape index (κ3) is 1.57. The Labute approximate surface area is 108 Å². The SMILES string of the molecule is CN1CCc2cc(C3CN(C4COC4)C3)ccc21. The summed E-state index contributed by atoms with van der Waals surface area (Å²) in [7, 11) is 2.19. The maximum atomic E-state index is 5.26. The first kappa shape index (κ1) is 10.8. The second kappa shape index (κ2) is 3.97. The van der Waals surface area contributed by atoms with Gasteiger partial charge in [0.2, 0.25) is 0 Å². The van der Waals surface area contributed by atoms with Crippen molar-refractivity contribution in [1.29, 1.82) is 0 Å². The highest BCUT2D eigenvalue weighted by Gasteiger charge is 2.36. The average Bonchev–Trinajstić information content (AvgIpc) is 2.62. The highest BCUT2D eigenvalue weighted by molar-refractivity contribution is 5.59. The smallest absolute Gasteiger partial charge is 0.0645 e. The summed E-state index contributed by atoms with van der Waals surface area (Å²) >= 11 is 0. The first-order valence-electron chi connectivity index (χ1n) is 6.97. The zero-order chi connectivity index (χ0) is 12.1. The van der Waals surface area contributed by atoms with Crippen molar-refractivity contribution < 1.29 is 4.74 Å². The minimum atomic E-state index is 0.710. The summed E-state index contributed by atoms with van der Waals surface area (Å²) in [6, 6.07) is 7.80. The van der Waals surface area contributed by atoms with E-state index in [4.69, 9.17) is 4.74 Å². The van der Waals surface area contributed by atoms with Crippen LogP contribution < -0.4 is 4.90 Å². The molecule has 0 amide bonds. The molecule has 3 heteroatoms.